The molecule has 1 aromatic heterocycles. The van der Waals surface area contributed by atoms with Crippen molar-refractivity contribution in [3.8, 4) is 0 Å². The Balaban J connectivity index is 1.75. The highest BCUT2D eigenvalue weighted by Crippen LogP contribution is 2.34. The summed E-state index contributed by atoms with van der Waals surface area (Å²) < 4.78 is 0. The van der Waals surface area contributed by atoms with E-state index >= 15 is 0 Å². The molecule has 1 heterocycles. The molecule has 0 amide bonds. The molecule has 96 valence electrons. The second-order valence-corrected chi connectivity index (χ2v) is 6.46. The minimum atomic E-state index is 0.633. The molecule has 1 nitrogen and oxygen atoms in total. The molecule has 2 atom stereocenters. The van der Waals surface area contributed by atoms with E-state index < -0.39 is 0 Å². The summed E-state index contributed by atoms with van der Waals surface area (Å²) in [6, 6.07) is 2.91. The van der Waals surface area contributed by atoms with Crippen molar-refractivity contribution in [2.24, 2.45) is 11.8 Å². The Morgan fingerprint density at radius 1 is 1.35 bits per heavy atom. The van der Waals surface area contributed by atoms with Crippen molar-refractivity contribution >= 4 is 11.3 Å². The van der Waals surface area contributed by atoms with Gasteiger partial charge in [0.2, 0.25) is 0 Å². The monoisotopic (exact) mass is 251 g/mol. The van der Waals surface area contributed by atoms with E-state index in [0.717, 1.165) is 11.8 Å². The summed E-state index contributed by atoms with van der Waals surface area (Å²) in [5.74, 6) is 1.89. The summed E-state index contributed by atoms with van der Waals surface area (Å²) >= 11 is 1.82. The molecule has 1 fully saturated rings. The molecule has 0 radical (unpaired) electrons. The minimum absolute atomic E-state index is 0.633. The summed E-state index contributed by atoms with van der Waals surface area (Å²) in [7, 11) is 0. The molecular weight excluding hydrogens is 226 g/mol. The van der Waals surface area contributed by atoms with Gasteiger partial charge in [0.05, 0.1) is 0 Å². The van der Waals surface area contributed by atoms with Crippen molar-refractivity contribution in [1.29, 1.82) is 0 Å². The molecule has 2 unspecified atom stereocenters. The van der Waals surface area contributed by atoms with Gasteiger partial charge in [-0.2, -0.15) is 11.3 Å². The first-order valence-electron chi connectivity index (χ1n) is 7.00. The summed E-state index contributed by atoms with van der Waals surface area (Å²) in [5, 5.41) is 8.11. The lowest BCUT2D eigenvalue weighted by Crippen LogP contribution is -2.30. The summed E-state index contributed by atoms with van der Waals surface area (Å²) in [5.41, 5.74) is 1.54. The van der Waals surface area contributed by atoms with Crippen LogP contribution in [-0.2, 0) is 6.42 Å². The zero-order valence-corrected chi connectivity index (χ0v) is 11.9. The predicted molar refractivity (Wildman–Crippen MR) is 76.6 cm³/mol. The Hall–Kier alpha value is -0.340. The van der Waals surface area contributed by atoms with Crippen LogP contribution in [0, 0.1) is 11.8 Å². The van der Waals surface area contributed by atoms with Crippen LogP contribution in [0.3, 0.4) is 0 Å². The molecule has 17 heavy (non-hydrogen) atoms. The fourth-order valence-electron chi connectivity index (χ4n) is 2.94. The number of thiophene rings is 1. The third-order valence-corrected chi connectivity index (χ3v) is 4.72. The van der Waals surface area contributed by atoms with Crippen LogP contribution < -0.4 is 5.32 Å². The second-order valence-electron chi connectivity index (χ2n) is 5.68. The van der Waals surface area contributed by atoms with Crippen LogP contribution in [0.2, 0.25) is 0 Å². The van der Waals surface area contributed by atoms with E-state index in [-0.39, 0.29) is 0 Å². The highest BCUT2D eigenvalue weighted by molar-refractivity contribution is 7.07. The molecule has 1 saturated carbocycles. The van der Waals surface area contributed by atoms with E-state index in [2.05, 4.69) is 36.0 Å². The number of rotatable bonds is 6. The lowest BCUT2D eigenvalue weighted by molar-refractivity contribution is 0.338. The maximum Gasteiger partial charge on any atom is 0.00104 e. The van der Waals surface area contributed by atoms with E-state index in [4.69, 9.17) is 0 Å². The van der Waals surface area contributed by atoms with Crippen LogP contribution in [0.15, 0.2) is 16.8 Å². The van der Waals surface area contributed by atoms with Crippen LogP contribution >= 0.6 is 11.3 Å². The minimum Gasteiger partial charge on any atom is -0.314 e. The fraction of sp³-hybridized carbons (Fsp3) is 0.733. The van der Waals surface area contributed by atoms with E-state index in [0.29, 0.717) is 6.04 Å². The third kappa shape index (κ3) is 4.11. The Morgan fingerprint density at radius 2 is 2.18 bits per heavy atom. The van der Waals surface area contributed by atoms with Gasteiger partial charge in [0.1, 0.15) is 0 Å². The number of hydrogen-bond donors (Lipinski definition) is 1. The highest BCUT2D eigenvalue weighted by atomic mass is 32.1. The molecular formula is C15H25NS. The van der Waals surface area contributed by atoms with Gasteiger partial charge in [-0.25, -0.2) is 0 Å². The summed E-state index contributed by atoms with van der Waals surface area (Å²) in [6.45, 7) is 5.72. The van der Waals surface area contributed by atoms with E-state index in [1.807, 2.05) is 11.3 Å². The Morgan fingerprint density at radius 3 is 2.88 bits per heavy atom. The average molecular weight is 251 g/mol. The van der Waals surface area contributed by atoms with Crippen LogP contribution in [-0.4, -0.2) is 12.6 Å². The van der Waals surface area contributed by atoms with Crippen LogP contribution in [0.4, 0.5) is 0 Å². The average Bonchev–Trinajstić information content (AvgIpc) is 2.95. The topological polar surface area (TPSA) is 12.0 Å². The van der Waals surface area contributed by atoms with Gasteiger partial charge in [-0.15, -0.1) is 0 Å². The zero-order valence-electron chi connectivity index (χ0n) is 11.1. The molecule has 1 aliphatic carbocycles. The van der Waals surface area contributed by atoms with E-state index in [1.54, 1.807) is 0 Å². The second kappa shape index (κ2) is 6.55. The lowest BCUT2D eigenvalue weighted by Gasteiger charge is -2.21. The molecule has 0 spiro atoms. The first-order chi connectivity index (χ1) is 8.25. The molecule has 0 bridgehead atoms. The maximum absolute atomic E-state index is 3.61. The first kappa shape index (κ1) is 13.1. The number of aryl methyl sites for hydroxylation is 1. The van der Waals surface area contributed by atoms with Gasteiger partial charge in [-0.05, 0) is 60.0 Å². The quantitative estimate of drug-likeness (QED) is 0.803. The molecule has 1 aliphatic rings. The molecule has 1 aromatic rings. The van der Waals surface area contributed by atoms with Gasteiger partial charge in [-0.1, -0.05) is 26.7 Å². The Bertz CT molecular complexity index is 305. The van der Waals surface area contributed by atoms with Gasteiger partial charge in [-0.3, -0.25) is 0 Å². The molecule has 2 heteroatoms. The molecule has 0 aromatic carbocycles. The van der Waals surface area contributed by atoms with Crippen molar-refractivity contribution in [1.82, 2.24) is 5.32 Å². The van der Waals surface area contributed by atoms with Crippen molar-refractivity contribution in [3.63, 3.8) is 0 Å². The van der Waals surface area contributed by atoms with Crippen LogP contribution in [0.25, 0.3) is 0 Å². The maximum atomic E-state index is 3.61. The van der Waals surface area contributed by atoms with Crippen molar-refractivity contribution in [2.75, 3.05) is 6.54 Å². The predicted octanol–water partition coefficient (Wildman–Crippen LogP) is 4.10. The van der Waals surface area contributed by atoms with Crippen molar-refractivity contribution < 1.29 is 0 Å². The Kier molecular flexibility index (Phi) is 5.05. The smallest absolute Gasteiger partial charge is 0.00104 e. The number of hydrogen-bond acceptors (Lipinski definition) is 2. The molecule has 2 rings (SSSR count). The van der Waals surface area contributed by atoms with Gasteiger partial charge in [0.25, 0.3) is 0 Å². The molecule has 0 saturated heterocycles. The normalized spacial score (nSPS) is 24.6. The fourth-order valence-corrected chi connectivity index (χ4v) is 3.64. The molecule has 0 aliphatic heterocycles. The summed E-state index contributed by atoms with van der Waals surface area (Å²) in [4.78, 5) is 0. The SMILES string of the molecule is CC(C)NCC1CCCC1CCc1ccsc1. The molecule has 1 N–H and O–H groups in total. The first-order valence-corrected chi connectivity index (χ1v) is 7.94. The van der Waals surface area contributed by atoms with Gasteiger partial charge in [0.15, 0.2) is 0 Å². The van der Waals surface area contributed by atoms with E-state index in [1.165, 1.54) is 44.2 Å². The highest BCUT2D eigenvalue weighted by Gasteiger charge is 2.26. The van der Waals surface area contributed by atoms with Crippen LogP contribution in [0.5, 0.6) is 0 Å². The summed E-state index contributed by atoms with van der Waals surface area (Å²) in [6.07, 6.45) is 7.01. The van der Waals surface area contributed by atoms with Gasteiger partial charge < -0.3 is 5.32 Å². The van der Waals surface area contributed by atoms with Gasteiger partial charge >= 0.3 is 0 Å². The Labute approximate surface area is 110 Å². The van der Waals surface area contributed by atoms with Gasteiger partial charge in [0, 0.05) is 6.04 Å². The van der Waals surface area contributed by atoms with E-state index in [9.17, 15) is 0 Å². The van der Waals surface area contributed by atoms with Crippen molar-refractivity contribution in [3.05, 3.63) is 22.4 Å². The largest absolute Gasteiger partial charge is 0.314 e. The standard InChI is InChI=1S/C15H25NS/c1-12(2)16-10-15-5-3-4-14(15)7-6-13-8-9-17-11-13/h8-9,11-12,14-16H,3-7,10H2,1-2H3. The van der Waals surface area contributed by atoms with Crippen LogP contribution in [0.1, 0.15) is 45.1 Å². The lowest BCUT2D eigenvalue weighted by atomic mass is 9.90. The number of nitrogens with one attached hydrogen (secondary N) is 1. The third-order valence-electron chi connectivity index (χ3n) is 3.99. The zero-order chi connectivity index (χ0) is 12.1. The van der Waals surface area contributed by atoms with Crippen molar-refractivity contribution in [2.45, 2.75) is 52.0 Å².